The fourth-order valence-corrected chi connectivity index (χ4v) is 1.60. The van der Waals surface area contributed by atoms with Crippen molar-refractivity contribution in [1.29, 1.82) is 5.26 Å². The molecule has 0 atom stereocenters. The van der Waals surface area contributed by atoms with E-state index in [1.807, 2.05) is 30.3 Å². The minimum Gasteiger partial charge on any atom is -0.410 e. The predicted octanol–water partition coefficient (Wildman–Crippen LogP) is 2.92. The molecule has 0 bridgehead atoms. The first-order chi connectivity index (χ1) is 8.35. The van der Waals surface area contributed by atoms with Crippen LogP contribution in [-0.2, 0) is 0 Å². The second kappa shape index (κ2) is 4.95. The molecule has 1 aromatic carbocycles. The Bertz CT molecular complexity index is 554. The molecular weight excluding hydrogens is 212 g/mol. The van der Waals surface area contributed by atoms with E-state index in [0.29, 0.717) is 11.3 Å². The van der Waals surface area contributed by atoms with Crippen LogP contribution in [-0.4, -0.2) is 10.9 Å². The molecule has 17 heavy (non-hydrogen) atoms. The summed E-state index contributed by atoms with van der Waals surface area (Å²) in [6, 6.07) is 11.7. The lowest BCUT2D eigenvalue weighted by molar-refractivity contribution is 0.320. The number of nitrogens with zero attached hydrogens (tertiary/aromatic N) is 2. The number of rotatable bonds is 1. The molecule has 2 rings (SSSR count). The molecule has 1 N–H and O–H groups in total. The lowest BCUT2D eigenvalue weighted by Crippen LogP contribution is -1.95. The van der Waals surface area contributed by atoms with Crippen LogP contribution in [0, 0.1) is 11.3 Å². The van der Waals surface area contributed by atoms with E-state index in [4.69, 9.17) is 5.21 Å². The van der Waals surface area contributed by atoms with Gasteiger partial charge in [0.2, 0.25) is 0 Å². The molecule has 1 aliphatic carbocycles. The van der Waals surface area contributed by atoms with Gasteiger partial charge in [-0.15, -0.1) is 0 Å². The first-order valence-corrected chi connectivity index (χ1v) is 5.13. The molecule has 82 valence electrons. The van der Waals surface area contributed by atoms with Gasteiger partial charge >= 0.3 is 0 Å². The van der Waals surface area contributed by atoms with E-state index >= 15 is 0 Å². The highest BCUT2D eigenvalue weighted by molar-refractivity contribution is 6.06. The number of nitriles is 1. The number of oxime groups is 1. The molecule has 0 radical (unpaired) electrons. The van der Waals surface area contributed by atoms with E-state index in [-0.39, 0.29) is 0 Å². The van der Waals surface area contributed by atoms with Gasteiger partial charge in [-0.05, 0) is 23.3 Å². The van der Waals surface area contributed by atoms with Gasteiger partial charge in [0.1, 0.15) is 11.8 Å². The summed E-state index contributed by atoms with van der Waals surface area (Å²) in [5, 5.41) is 20.9. The van der Waals surface area contributed by atoms with Crippen molar-refractivity contribution in [3.05, 3.63) is 65.8 Å². The summed E-state index contributed by atoms with van der Waals surface area (Å²) >= 11 is 0. The Hall–Kier alpha value is -2.60. The summed E-state index contributed by atoms with van der Waals surface area (Å²) in [6.07, 6.45) is 6.85. The molecule has 0 heterocycles. The number of hydrogen-bond acceptors (Lipinski definition) is 3. The first kappa shape index (κ1) is 10.9. The monoisotopic (exact) mass is 222 g/mol. The van der Waals surface area contributed by atoms with E-state index < -0.39 is 0 Å². The summed E-state index contributed by atoms with van der Waals surface area (Å²) in [5.74, 6) is 0. The summed E-state index contributed by atoms with van der Waals surface area (Å²) in [7, 11) is 0. The largest absolute Gasteiger partial charge is 0.410 e. The minimum atomic E-state index is 0.471. The minimum absolute atomic E-state index is 0.471. The van der Waals surface area contributed by atoms with Crippen LogP contribution in [0.25, 0.3) is 5.57 Å². The molecule has 0 aliphatic heterocycles. The smallest absolute Gasteiger partial charge is 0.102 e. The van der Waals surface area contributed by atoms with Crippen LogP contribution in [0.3, 0.4) is 0 Å². The van der Waals surface area contributed by atoms with Crippen molar-refractivity contribution in [3.63, 3.8) is 0 Å². The third-order valence-electron chi connectivity index (χ3n) is 2.45. The number of benzene rings is 1. The van der Waals surface area contributed by atoms with Crippen LogP contribution in [0.15, 0.2) is 65.4 Å². The van der Waals surface area contributed by atoms with Gasteiger partial charge in [0, 0.05) is 0 Å². The molecule has 0 aromatic heterocycles. The summed E-state index contributed by atoms with van der Waals surface area (Å²) in [5.41, 5.74) is 2.77. The van der Waals surface area contributed by atoms with Crippen molar-refractivity contribution in [2.75, 3.05) is 0 Å². The lowest BCUT2D eigenvalue weighted by atomic mass is 9.97. The average Bonchev–Trinajstić information content (AvgIpc) is 2.42. The Morgan fingerprint density at radius 3 is 2.24 bits per heavy atom. The number of hydrogen-bond donors (Lipinski definition) is 1. The second-order valence-corrected chi connectivity index (χ2v) is 3.50. The van der Waals surface area contributed by atoms with E-state index in [0.717, 1.165) is 11.1 Å². The SMILES string of the molecule is N#CC(=C1C=CC(=NO)C=C1)c1ccccc1. The molecule has 0 saturated carbocycles. The highest BCUT2D eigenvalue weighted by atomic mass is 16.4. The normalized spacial score (nSPS) is 13.4. The lowest BCUT2D eigenvalue weighted by Gasteiger charge is -2.05. The van der Waals surface area contributed by atoms with Crippen molar-refractivity contribution in [1.82, 2.24) is 0 Å². The Balaban J connectivity index is 2.45. The third-order valence-corrected chi connectivity index (χ3v) is 2.45. The fraction of sp³-hybridized carbons (Fsp3) is 0. The fourth-order valence-electron chi connectivity index (χ4n) is 1.60. The van der Waals surface area contributed by atoms with Crippen molar-refractivity contribution in [2.45, 2.75) is 0 Å². The van der Waals surface area contributed by atoms with Gasteiger partial charge in [0.25, 0.3) is 0 Å². The first-order valence-electron chi connectivity index (χ1n) is 5.13. The van der Waals surface area contributed by atoms with Gasteiger partial charge in [-0.1, -0.05) is 47.6 Å². The van der Waals surface area contributed by atoms with Gasteiger partial charge in [0.05, 0.1) is 5.57 Å². The zero-order valence-corrected chi connectivity index (χ0v) is 9.04. The van der Waals surface area contributed by atoms with Crippen molar-refractivity contribution in [2.24, 2.45) is 5.16 Å². The number of allylic oxidation sites excluding steroid dienone is 6. The molecule has 1 aromatic rings. The molecule has 0 unspecified atom stereocenters. The summed E-state index contributed by atoms with van der Waals surface area (Å²) < 4.78 is 0. The van der Waals surface area contributed by atoms with E-state index in [1.165, 1.54) is 0 Å². The Kier molecular flexibility index (Phi) is 3.18. The van der Waals surface area contributed by atoms with E-state index in [2.05, 4.69) is 11.2 Å². The Morgan fingerprint density at radius 2 is 1.71 bits per heavy atom. The maximum absolute atomic E-state index is 9.20. The highest BCUT2D eigenvalue weighted by Crippen LogP contribution is 2.21. The average molecular weight is 222 g/mol. The third kappa shape index (κ3) is 2.32. The van der Waals surface area contributed by atoms with Gasteiger partial charge < -0.3 is 5.21 Å². The molecule has 3 nitrogen and oxygen atoms in total. The van der Waals surface area contributed by atoms with E-state index in [9.17, 15) is 5.26 Å². The van der Waals surface area contributed by atoms with Gasteiger partial charge in [0.15, 0.2) is 0 Å². The highest BCUT2D eigenvalue weighted by Gasteiger charge is 2.07. The topological polar surface area (TPSA) is 56.4 Å². The van der Waals surface area contributed by atoms with Gasteiger partial charge in [-0.2, -0.15) is 5.26 Å². The summed E-state index contributed by atoms with van der Waals surface area (Å²) in [6.45, 7) is 0. The molecule has 0 spiro atoms. The zero-order valence-electron chi connectivity index (χ0n) is 9.04. The zero-order chi connectivity index (χ0) is 12.1. The predicted molar refractivity (Wildman–Crippen MR) is 66.5 cm³/mol. The van der Waals surface area contributed by atoms with Crippen LogP contribution < -0.4 is 0 Å². The maximum Gasteiger partial charge on any atom is 0.102 e. The van der Waals surface area contributed by atoms with Crippen molar-refractivity contribution >= 4 is 11.3 Å². The standard InChI is InChI=1S/C14H10N2O/c15-10-14(11-4-2-1-3-5-11)12-6-8-13(16-17)9-7-12/h1-9,17H. The molecule has 0 fully saturated rings. The second-order valence-electron chi connectivity index (χ2n) is 3.50. The van der Waals surface area contributed by atoms with Crippen LogP contribution in [0.2, 0.25) is 0 Å². The van der Waals surface area contributed by atoms with Crippen molar-refractivity contribution < 1.29 is 5.21 Å². The van der Waals surface area contributed by atoms with Gasteiger partial charge in [-0.25, -0.2) is 0 Å². The summed E-state index contributed by atoms with van der Waals surface area (Å²) in [4.78, 5) is 0. The molecule has 0 amide bonds. The Labute approximate surface area is 99.3 Å². The van der Waals surface area contributed by atoms with Crippen LogP contribution in [0.4, 0.5) is 0 Å². The molecular formula is C14H10N2O. The Morgan fingerprint density at radius 1 is 1.06 bits per heavy atom. The molecule has 1 aliphatic rings. The van der Waals surface area contributed by atoms with Crippen molar-refractivity contribution in [3.8, 4) is 6.07 Å². The van der Waals surface area contributed by atoms with Gasteiger partial charge in [-0.3, -0.25) is 0 Å². The van der Waals surface area contributed by atoms with Crippen LogP contribution in [0.1, 0.15) is 5.56 Å². The molecule has 0 saturated heterocycles. The van der Waals surface area contributed by atoms with Crippen LogP contribution in [0.5, 0.6) is 0 Å². The van der Waals surface area contributed by atoms with Crippen LogP contribution >= 0.6 is 0 Å². The van der Waals surface area contributed by atoms with E-state index in [1.54, 1.807) is 24.3 Å². The molecule has 3 heteroatoms. The maximum atomic E-state index is 9.20. The quantitative estimate of drug-likeness (QED) is 0.451.